The fourth-order valence-corrected chi connectivity index (χ4v) is 4.23. The first kappa shape index (κ1) is 29.6. The molecule has 1 aliphatic heterocycles. The van der Waals surface area contributed by atoms with Crippen LogP contribution in [0.25, 0.3) is 0 Å². The molecule has 0 saturated carbocycles. The third kappa shape index (κ3) is 7.78. The Morgan fingerprint density at radius 1 is 1.10 bits per heavy atom. The minimum absolute atomic E-state index is 0.133. The Morgan fingerprint density at radius 2 is 1.77 bits per heavy atom. The van der Waals surface area contributed by atoms with E-state index in [1.54, 1.807) is 43.4 Å². The summed E-state index contributed by atoms with van der Waals surface area (Å²) in [5.41, 5.74) is 0.455. The van der Waals surface area contributed by atoms with E-state index in [1.807, 2.05) is 27.7 Å². The average molecular weight is 541 g/mol. The summed E-state index contributed by atoms with van der Waals surface area (Å²) in [7, 11) is 1.62. The third-order valence-corrected chi connectivity index (χ3v) is 6.78. The molecule has 10 heteroatoms. The van der Waals surface area contributed by atoms with Gasteiger partial charge in [0.2, 0.25) is 17.7 Å². The second-order valence-corrected chi connectivity index (χ2v) is 10.7. The first-order valence-corrected chi connectivity index (χ1v) is 13.0. The molecule has 2 atom stereocenters. The lowest BCUT2D eigenvalue weighted by atomic mass is 9.84. The van der Waals surface area contributed by atoms with Crippen LogP contribution in [-0.4, -0.2) is 67.4 Å². The van der Waals surface area contributed by atoms with Gasteiger partial charge in [-0.15, -0.1) is 0 Å². The number of rotatable bonds is 5. The van der Waals surface area contributed by atoms with Gasteiger partial charge in [0.05, 0.1) is 18.5 Å². The number of para-hydroxylation sites is 1. The molecule has 1 heterocycles. The zero-order chi connectivity index (χ0) is 28.7. The van der Waals surface area contributed by atoms with Gasteiger partial charge in [0, 0.05) is 19.0 Å². The Bertz CT molecular complexity index is 1200. The maximum absolute atomic E-state index is 13.4. The van der Waals surface area contributed by atoms with Gasteiger partial charge in [-0.2, -0.15) is 0 Å². The van der Waals surface area contributed by atoms with Crippen molar-refractivity contribution in [3.05, 3.63) is 65.5 Å². The molecule has 39 heavy (non-hydrogen) atoms. The van der Waals surface area contributed by atoms with Gasteiger partial charge in [-0.25, -0.2) is 4.39 Å². The molecule has 0 radical (unpaired) electrons. The van der Waals surface area contributed by atoms with E-state index in [1.165, 1.54) is 17.0 Å². The van der Waals surface area contributed by atoms with E-state index in [0.29, 0.717) is 5.75 Å². The second-order valence-electron chi connectivity index (χ2n) is 10.7. The molecule has 0 saturated heterocycles. The largest absolute Gasteiger partial charge is 0.491 e. The Balaban J connectivity index is 1.86. The number of nitrogens with zero attached hydrogens (tertiary/aromatic N) is 1. The molecule has 0 bridgehead atoms. The van der Waals surface area contributed by atoms with Crippen molar-refractivity contribution in [2.45, 2.75) is 51.6 Å². The molecule has 2 aromatic carbocycles. The van der Waals surface area contributed by atoms with Crippen LogP contribution in [0.5, 0.6) is 5.75 Å². The van der Waals surface area contributed by atoms with Gasteiger partial charge in [-0.05, 0) is 35.7 Å². The van der Waals surface area contributed by atoms with E-state index in [2.05, 4.69) is 16.0 Å². The highest BCUT2D eigenvalue weighted by molar-refractivity contribution is 6.01. The van der Waals surface area contributed by atoms with Crippen molar-refractivity contribution in [3.8, 4) is 5.75 Å². The maximum Gasteiger partial charge on any atom is 0.255 e. The van der Waals surface area contributed by atoms with Crippen molar-refractivity contribution in [1.82, 2.24) is 20.9 Å². The summed E-state index contributed by atoms with van der Waals surface area (Å²) in [5, 5.41) is 8.22. The smallest absolute Gasteiger partial charge is 0.255 e. The summed E-state index contributed by atoms with van der Waals surface area (Å²) in [6, 6.07) is 10.5. The highest BCUT2D eigenvalue weighted by atomic mass is 19.1. The average Bonchev–Trinajstić information content (AvgIpc) is 2.89. The van der Waals surface area contributed by atoms with Gasteiger partial charge in [-0.1, -0.05) is 52.0 Å². The van der Waals surface area contributed by atoms with Crippen LogP contribution >= 0.6 is 0 Å². The maximum atomic E-state index is 13.4. The Kier molecular flexibility index (Phi) is 9.66. The molecule has 0 aliphatic carbocycles. The number of hydrogen-bond donors (Lipinski definition) is 3. The molecule has 0 aromatic heterocycles. The van der Waals surface area contributed by atoms with Crippen LogP contribution in [-0.2, 0) is 19.8 Å². The van der Waals surface area contributed by atoms with Crippen LogP contribution in [0.3, 0.4) is 0 Å². The first-order valence-electron chi connectivity index (χ1n) is 13.0. The quantitative estimate of drug-likeness (QED) is 0.539. The van der Waals surface area contributed by atoms with E-state index >= 15 is 0 Å². The van der Waals surface area contributed by atoms with Crippen LogP contribution in [0.4, 0.5) is 4.39 Å². The summed E-state index contributed by atoms with van der Waals surface area (Å²) >= 11 is 0. The van der Waals surface area contributed by atoms with Gasteiger partial charge in [-0.3, -0.25) is 19.2 Å². The number of halogens is 1. The molecular formula is C29H37FN4O5. The number of carbonyl (C=O) groups is 4. The Labute approximate surface area is 228 Å². The Morgan fingerprint density at radius 3 is 2.44 bits per heavy atom. The number of benzene rings is 2. The molecule has 0 spiro atoms. The predicted molar refractivity (Wildman–Crippen MR) is 145 cm³/mol. The fourth-order valence-electron chi connectivity index (χ4n) is 4.23. The lowest BCUT2D eigenvalue weighted by Gasteiger charge is -2.29. The van der Waals surface area contributed by atoms with Crippen LogP contribution < -0.4 is 20.7 Å². The predicted octanol–water partition coefficient (Wildman–Crippen LogP) is 2.40. The zero-order valence-electron chi connectivity index (χ0n) is 23.0. The monoisotopic (exact) mass is 540 g/mol. The van der Waals surface area contributed by atoms with Crippen molar-refractivity contribution in [1.29, 1.82) is 0 Å². The number of hydrogen-bond acceptors (Lipinski definition) is 5. The summed E-state index contributed by atoms with van der Waals surface area (Å²) < 4.78 is 19.2. The normalized spacial score (nSPS) is 19.4. The molecular weight excluding hydrogens is 503 g/mol. The standard InChI is InChI=1S/C29H37FN4O5/c1-18(2)25-28(38)34(5)14-15-39-23-9-7-6-8-21(23)26(36)32-22(16-24(35)33-25)27(37)31-17-29(3,4)19-10-12-20(30)13-11-19/h6-13,18,22,25H,14-17H2,1-5H3,(H,31,37)(H,32,36)(H,33,35)/t22-,25-/m0/s1. The van der Waals surface area contributed by atoms with E-state index in [4.69, 9.17) is 4.74 Å². The van der Waals surface area contributed by atoms with E-state index in [0.717, 1.165) is 5.56 Å². The number of likely N-dealkylation sites (N-methyl/N-ethyl adjacent to an activating group) is 1. The van der Waals surface area contributed by atoms with Crippen LogP contribution in [0.1, 0.15) is 50.0 Å². The highest BCUT2D eigenvalue weighted by Gasteiger charge is 2.32. The van der Waals surface area contributed by atoms with Crippen molar-refractivity contribution in [3.63, 3.8) is 0 Å². The number of carbonyl (C=O) groups excluding carboxylic acids is 4. The van der Waals surface area contributed by atoms with Gasteiger partial charge in [0.1, 0.15) is 30.3 Å². The summed E-state index contributed by atoms with van der Waals surface area (Å²) in [6.07, 6.45) is -0.377. The fraction of sp³-hybridized carbons (Fsp3) is 0.448. The summed E-state index contributed by atoms with van der Waals surface area (Å²) in [4.78, 5) is 54.2. The molecule has 0 fully saturated rings. The highest BCUT2D eigenvalue weighted by Crippen LogP contribution is 2.23. The van der Waals surface area contributed by atoms with Crippen molar-refractivity contribution in [2.75, 3.05) is 26.7 Å². The number of fused-ring (bicyclic) bond motifs is 1. The zero-order valence-corrected chi connectivity index (χ0v) is 23.0. The van der Waals surface area contributed by atoms with Gasteiger partial charge < -0.3 is 25.6 Å². The van der Waals surface area contributed by atoms with Gasteiger partial charge >= 0.3 is 0 Å². The van der Waals surface area contributed by atoms with Crippen LogP contribution in [0.2, 0.25) is 0 Å². The first-order chi connectivity index (χ1) is 18.4. The topological polar surface area (TPSA) is 117 Å². The second kappa shape index (κ2) is 12.7. The van der Waals surface area contributed by atoms with Crippen LogP contribution in [0.15, 0.2) is 48.5 Å². The molecule has 0 unspecified atom stereocenters. The molecule has 2 aromatic rings. The molecule has 3 rings (SSSR count). The van der Waals surface area contributed by atoms with Gasteiger partial charge in [0.15, 0.2) is 0 Å². The third-order valence-electron chi connectivity index (χ3n) is 6.78. The summed E-state index contributed by atoms with van der Waals surface area (Å²) in [5.74, 6) is -2.23. The SMILES string of the molecule is CC(C)[C@@H]1NC(=O)C[C@@H](C(=O)NCC(C)(C)c2ccc(F)cc2)NC(=O)c2ccccc2OCCN(C)C1=O. The lowest BCUT2D eigenvalue weighted by molar-refractivity contribution is -0.137. The molecule has 9 nitrogen and oxygen atoms in total. The van der Waals surface area contributed by atoms with Gasteiger partial charge in [0.25, 0.3) is 5.91 Å². The van der Waals surface area contributed by atoms with Crippen molar-refractivity contribution in [2.24, 2.45) is 5.92 Å². The number of nitrogens with one attached hydrogen (secondary N) is 3. The van der Waals surface area contributed by atoms with Crippen LogP contribution in [0, 0.1) is 11.7 Å². The molecule has 3 N–H and O–H groups in total. The minimum atomic E-state index is -1.22. The lowest BCUT2D eigenvalue weighted by Crippen LogP contribution is -2.54. The summed E-state index contributed by atoms with van der Waals surface area (Å²) in [6.45, 7) is 7.97. The number of ether oxygens (including phenoxy) is 1. The van der Waals surface area contributed by atoms with E-state index in [-0.39, 0.29) is 49.3 Å². The molecule has 210 valence electrons. The van der Waals surface area contributed by atoms with Crippen molar-refractivity contribution >= 4 is 23.6 Å². The Hall–Kier alpha value is -3.95. The number of amides is 4. The van der Waals surface area contributed by atoms with E-state index in [9.17, 15) is 23.6 Å². The van der Waals surface area contributed by atoms with Crippen molar-refractivity contribution < 1.29 is 28.3 Å². The molecule has 4 amide bonds. The molecule has 1 aliphatic rings. The van der Waals surface area contributed by atoms with E-state index < -0.39 is 35.2 Å². The minimum Gasteiger partial charge on any atom is -0.491 e.